The fourth-order valence-corrected chi connectivity index (χ4v) is 3.18. The molecule has 3 heterocycles. The zero-order valence-corrected chi connectivity index (χ0v) is 12.8. The van der Waals surface area contributed by atoms with Crippen molar-refractivity contribution in [3.8, 4) is 0 Å². The average Bonchev–Trinajstić information content (AvgIpc) is 3.17. The van der Waals surface area contributed by atoms with Gasteiger partial charge in [-0.3, -0.25) is 4.68 Å². The number of aromatic nitrogens is 4. The van der Waals surface area contributed by atoms with Gasteiger partial charge in [-0.25, -0.2) is 4.98 Å². The molecule has 108 valence electrons. The van der Waals surface area contributed by atoms with Gasteiger partial charge in [-0.2, -0.15) is 0 Å². The van der Waals surface area contributed by atoms with Gasteiger partial charge in [0.15, 0.2) is 0 Å². The lowest BCUT2D eigenvalue weighted by molar-refractivity contribution is 0.193. The van der Waals surface area contributed by atoms with E-state index in [0.29, 0.717) is 11.8 Å². The third-order valence-electron chi connectivity index (χ3n) is 3.56. The molecular formula is C14H20N4OS. The number of ether oxygens (including phenoxy) is 1. The molecule has 0 amide bonds. The number of hydrogen-bond acceptors (Lipinski definition) is 5. The van der Waals surface area contributed by atoms with Gasteiger partial charge in [0.05, 0.1) is 23.0 Å². The first-order valence-electron chi connectivity index (χ1n) is 7.14. The molecule has 0 N–H and O–H groups in total. The molecule has 0 bridgehead atoms. The van der Waals surface area contributed by atoms with Crippen LogP contribution < -0.4 is 0 Å². The van der Waals surface area contributed by atoms with Crippen LogP contribution in [0.1, 0.15) is 48.5 Å². The van der Waals surface area contributed by atoms with Crippen LogP contribution in [0.5, 0.6) is 0 Å². The first-order chi connectivity index (χ1) is 9.72. The maximum Gasteiger partial charge on any atom is 0.0953 e. The predicted octanol–water partition coefficient (Wildman–Crippen LogP) is 2.60. The van der Waals surface area contributed by atoms with E-state index in [1.165, 1.54) is 5.01 Å². The van der Waals surface area contributed by atoms with Crippen molar-refractivity contribution in [1.82, 2.24) is 20.0 Å². The summed E-state index contributed by atoms with van der Waals surface area (Å²) in [5.41, 5.74) is 2.21. The molecule has 1 fully saturated rings. The van der Waals surface area contributed by atoms with Crippen LogP contribution in [0.3, 0.4) is 0 Å². The maximum atomic E-state index is 5.39. The molecule has 1 saturated heterocycles. The van der Waals surface area contributed by atoms with Crippen LogP contribution in [-0.4, -0.2) is 33.2 Å². The molecule has 1 aliphatic heterocycles. The van der Waals surface area contributed by atoms with Crippen LogP contribution in [0.2, 0.25) is 0 Å². The van der Waals surface area contributed by atoms with Crippen LogP contribution in [0, 0.1) is 0 Å². The molecule has 1 atom stereocenters. The summed E-state index contributed by atoms with van der Waals surface area (Å²) in [6.07, 6.45) is 4.02. The van der Waals surface area contributed by atoms with Gasteiger partial charge in [-0.05, 0) is 6.42 Å². The van der Waals surface area contributed by atoms with Crippen molar-refractivity contribution >= 4 is 11.3 Å². The second kappa shape index (κ2) is 6.01. The highest BCUT2D eigenvalue weighted by molar-refractivity contribution is 7.09. The first-order valence-corrected chi connectivity index (χ1v) is 8.02. The Hall–Kier alpha value is -1.27. The minimum absolute atomic E-state index is 0.426. The molecule has 0 aromatic carbocycles. The Labute approximate surface area is 123 Å². The minimum atomic E-state index is 0.426. The van der Waals surface area contributed by atoms with E-state index < -0.39 is 0 Å². The fraction of sp³-hybridized carbons (Fsp3) is 0.643. The molecule has 0 saturated carbocycles. The van der Waals surface area contributed by atoms with Gasteiger partial charge in [-0.15, -0.1) is 16.4 Å². The molecule has 2 aromatic rings. The van der Waals surface area contributed by atoms with Crippen LogP contribution in [0.4, 0.5) is 0 Å². The molecule has 20 heavy (non-hydrogen) atoms. The van der Waals surface area contributed by atoms with E-state index in [9.17, 15) is 0 Å². The summed E-state index contributed by atoms with van der Waals surface area (Å²) in [5.74, 6) is 0.935. The van der Waals surface area contributed by atoms with Crippen molar-refractivity contribution in [2.24, 2.45) is 0 Å². The lowest BCUT2D eigenvalue weighted by Gasteiger charge is -2.00. The maximum absolute atomic E-state index is 5.39. The van der Waals surface area contributed by atoms with Crippen LogP contribution in [0.25, 0.3) is 0 Å². The monoisotopic (exact) mass is 292 g/mol. The normalized spacial score (nSPS) is 19.1. The van der Waals surface area contributed by atoms with Gasteiger partial charge in [0.2, 0.25) is 0 Å². The molecule has 1 aliphatic rings. The highest BCUT2D eigenvalue weighted by atomic mass is 32.1. The van der Waals surface area contributed by atoms with Gasteiger partial charge in [0, 0.05) is 43.0 Å². The van der Waals surface area contributed by atoms with E-state index in [0.717, 1.165) is 44.0 Å². The highest BCUT2D eigenvalue weighted by Crippen LogP contribution is 2.23. The zero-order chi connectivity index (χ0) is 13.9. The van der Waals surface area contributed by atoms with Crippen molar-refractivity contribution in [3.05, 3.63) is 28.0 Å². The minimum Gasteiger partial charge on any atom is -0.381 e. The molecule has 0 radical (unpaired) electrons. The Morgan fingerprint density at radius 3 is 3.10 bits per heavy atom. The largest absolute Gasteiger partial charge is 0.381 e. The summed E-state index contributed by atoms with van der Waals surface area (Å²) in [4.78, 5) is 4.65. The summed E-state index contributed by atoms with van der Waals surface area (Å²) in [6, 6.07) is 0. The SMILES string of the molecule is CC(C)c1nc(CCn2cc(C3CCOC3)nn2)cs1. The Kier molecular flexibility index (Phi) is 4.12. The number of rotatable bonds is 5. The van der Waals surface area contributed by atoms with Crippen LogP contribution in [-0.2, 0) is 17.7 Å². The molecule has 3 rings (SSSR count). The molecule has 0 aliphatic carbocycles. The van der Waals surface area contributed by atoms with Crippen molar-refractivity contribution < 1.29 is 4.74 Å². The molecule has 1 unspecified atom stereocenters. The lowest BCUT2D eigenvalue weighted by atomic mass is 10.1. The second-order valence-corrected chi connectivity index (χ2v) is 6.44. The van der Waals surface area contributed by atoms with Gasteiger partial charge in [0.25, 0.3) is 0 Å². The van der Waals surface area contributed by atoms with Gasteiger partial charge < -0.3 is 4.74 Å². The standard InChI is InChI=1S/C14H20N4OS/c1-10(2)14-15-12(9-20-14)3-5-18-7-13(16-17-18)11-4-6-19-8-11/h7,9-11H,3-6,8H2,1-2H3. The van der Waals surface area contributed by atoms with E-state index in [-0.39, 0.29) is 0 Å². The molecule has 0 spiro atoms. The van der Waals surface area contributed by atoms with Crippen LogP contribution >= 0.6 is 11.3 Å². The summed E-state index contributed by atoms with van der Waals surface area (Å²) >= 11 is 1.75. The van der Waals surface area contributed by atoms with E-state index in [1.807, 2.05) is 4.68 Å². The Morgan fingerprint density at radius 1 is 1.50 bits per heavy atom. The van der Waals surface area contributed by atoms with Gasteiger partial charge >= 0.3 is 0 Å². The smallest absolute Gasteiger partial charge is 0.0953 e. The number of aryl methyl sites for hydroxylation is 2. The summed E-state index contributed by atoms with van der Waals surface area (Å²) in [6.45, 7) is 6.81. The van der Waals surface area contributed by atoms with Gasteiger partial charge in [0.1, 0.15) is 0 Å². The van der Waals surface area contributed by atoms with Crippen molar-refractivity contribution in [3.63, 3.8) is 0 Å². The average molecular weight is 292 g/mol. The summed E-state index contributed by atoms with van der Waals surface area (Å²) < 4.78 is 7.31. The molecule has 6 heteroatoms. The second-order valence-electron chi connectivity index (χ2n) is 5.55. The fourth-order valence-electron chi connectivity index (χ4n) is 2.31. The lowest BCUT2D eigenvalue weighted by Crippen LogP contribution is -2.02. The topological polar surface area (TPSA) is 52.8 Å². The van der Waals surface area contributed by atoms with E-state index in [1.54, 1.807) is 11.3 Å². The van der Waals surface area contributed by atoms with E-state index in [4.69, 9.17) is 4.74 Å². The number of nitrogens with zero attached hydrogens (tertiary/aromatic N) is 4. The Balaban J connectivity index is 1.57. The van der Waals surface area contributed by atoms with E-state index >= 15 is 0 Å². The number of hydrogen-bond donors (Lipinski definition) is 0. The third kappa shape index (κ3) is 3.07. The Morgan fingerprint density at radius 2 is 2.40 bits per heavy atom. The highest BCUT2D eigenvalue weighted by Gasteiger charge is 2.20. The Bertz CT molecular complexity index is 557. The molecular weight excluding hydrogens is 272 g/mol. The molecule has 2 aromatic heterocycles. The van der Waals surface area contributed by atoms with E-state index in [2.05, 4.69) is 40.7 Å². The van der Waals surface area contributed by atoms with Crippen molar-refractivity contribution in [2.75, 3.05) is 13.2 Å². The summed E-state index contributed by atoms with van der Waals surface area (Å²) in [7, 11) is 0. The van der Waals surface area contributed by atoms with Crippen molar-refractivity contribution in [1.29, 1.82) is 0 Å². The first kappa shape index (κ1) is 13.7. The third-order valence-corrected chi connectivity index (χ3v) is 4.76. The predicted molar refractivity (Wildman–Crippen MR) is 78.1 cm³/mol. The zero-order valence-electron chi connectivity index (χ0n) is 12.0. The quantitative estimate of drug-likeness (QED) is 0.850. The number of thiazole rings is 1. The summed E-state index contributed by atoms with van der Waals surface area (Å²) in [5, 5.41) is 11.8. The van der Waals surface area contributed by atoms with Crippen LogP contribution in [0.15, 0.2) is 11.6 Å². The molecule has 5 nitrogen and oxygen atoms in total. The van der Waals surface area contributed by atoms with Crippen molar-refractivity contribution in [2.45, 2.75) is 45.1 Å². The van der Waals surface area contributed by atoms with Gasteiger partial charge in [-0.1, -0.05) is 19.1 Å².